The van der Waals surface area contributed by atoms with E-state index in [-0.39, 0.29) is 11.9 Å². The van der Waals surface area contributed by atoms with Crippen molar-refractivity contribution in [2.24, 2.45) is 0 Å². The number of carbonyl (C=O) groups excluding carboxylic acids is 2. The zero-order valence-electron chi connectivity index (χ0n) is 15.4. The van der Waals surface area contributed by atoms with Gasteiger partial charge in [-0.25, -0.2) is 9.78 Å². The average molecular weight is 377 g/mol. The fourth-order valence-electron chi connectivity index (χ4n) is 2.41. The molecule has 0 fully saturated rings. The van der Waals surface area contributed by atoms with Crippen molar-refractivity contribution in [3.05, 3.63) is 66.4 Å². The van der Waals surface area contributed by atoms with Crippen LogP contribution in [0.3, 0.4) is 0 Å². The van der Waals surface area contributed by atoms with Gasteiger partial charge < -0.3 is 20.7 Å². The lowest BCUT2D eigenvalue weighted by Gasteiger charge is -2.09. The summed E-state index contributed by atoms with van der Waals surface area (Å²) in [7, 11) is 1.34. The van der Waals surface area contributed by atoms with Crippen molar-refractivity contribution in [3.63, 3.8) is 0 Å². The third-order valence-corrected chi connectivity index (χ3v) is 3.70. The lowest BCUT2D eigenvalue weighted by Crippen LogP contribution is -2.05. The van der Waals surface area contributed by atoms with Crippen molar-refractivity contribution >= 4 is 40.7 Å². The van der Waals surface area contributed by atoms with E-state index < -0.39 is 0 Å². The number of amides is 1. The summed E-state index contributed by atoms with van der Waals surface area (Å²) in [6.07, 6.45) is 1.63. The minimum Gasteiger partial charge on any atom is -0.465 e. The third kappa shape index (κ3) is 5.04. The molecule has 3 rings (SSSR count). The van der Waals surface area contributed by atoms with Crippen LogP contribution in [0, 0.1) is 0 Å². The maximum absolute atomic E-state index is 11.5. The van der Waals surface area contributed by atoms with E-state index in [1.807, 2.05) is 12.1 Å². The minimum atomic E-state index is -0.385. The molecule has 1 heterocycles. The summed E-state index contributed by atoms with van der Waals surface area (Å²) in [5, 5.41) is 8.97. The molecule has 1 amide bonds. The number of nitrogens with one attached hydrogen (secondary N) is 3. The first kappa shape index (κ1) is 18.8. The number of nitrogens with zero attached hydrogens (tertiary/aromatic N) is 2. The summed E-state index contributed by atoms with van der Waals surface area (Å²) < 4.78 is 4.68. The summed E-state index contributed by atoms with van der Waals surface area (Å²) >= 11 is 0. The van der Waals surface area contributed by atoms with Gasteiger partial charge >= 0.3 is 5.97 Å². The Labute approximate surface area is 162 Å². The predicted octanol–water partition coefficient (Wildman–Crippen LogP) is 3.71. The number of rotatable bonds is 6. The van der Waals surface area contributed by atoms with Crippen molar-refractivity contribution in [1.82, 2.24) is 9.97 Å². The van der Waals surface area contributed by atoms with E-state index in [0.717, 1.165) is 11.4 Å². The topological polar surface area (TPSA) is 105 Å². The molecule has 8 nitrogen and oxygen atoms in total. The van der Waals surface area contributed by atoms with Crippen LogP contribution in [0.25, 0.3) is 0 Å². The van der Waals surface area contributed by atoms with Crippen LogP contribution in [-0.4, -0.2) is 29.0 Å². The van der Waals surface area contributed by atoms with E-state index >= 15 is 0 Å². The van der Waals surface area contributed by atoms with Gasteiger partial charge in [0.15, 0.2) is 0 Å². The number of hydrogen-bond acceptors (Lipinski definition) is 7. The molecule has 0 aliphatic heterocycles. The van der Waals surface area contributed by atoms with E-state index in [0.29, 0.717) is 23.0 Å². The Morgan fingerprint density at radius 1 is 0.857 bits per heavy atom. The van der Waals surface area contributed by atoms with Gasteiger partial charge in [0.05, 0.1) is 12.7 Å². The zero-order chi connectivity index (χ0) is 19.9. The van der Waals surface area contributed by atoms with E-state index in [1.54, 1.807) is 48.7 Å². The van der Waals surface area contributed by atoms with Crippen LogP contribution in [-0.2, 0) is 9.53 Å². The molecule has 0 unspecified atom stereocenters. The standard InChI is InChI=1S/C20H19N5O3/c1-13(26)22-15-7-9-17(10-8-15)24-20-21-12-11-18(25-20)23-16-5-3-14(4-6-16)19(27)28-2/h3-12H,1-2H3,(H,22,26)(H2,21,23,24,25). The molecule has 0 aliphatic carbocycles. The first-order valence-corrected chi connectivity index (χ1v) is 8.46. The fourth-order valence-corrected chi connectivity index (χ4v) is 2.41. The molecule has 142 valence electrons. The van der Waals surface area contributed by atoms with Gasteiger partial charge in [-0.05, 0) is 54.6 Å². The zero-order valence-corrected chi connectivity index (χ0v) is 15.4. The maximum atomic E-state index is 11.5. The summed E-state index contributed by atoms with van der Waals surface area (Å²) in [6.45, 7) is 1.46. The molecular weight excluding hydrogens is 358 g/mol. The highest BCUT2D eigenvalue weighted by atomic mass is 16.5. The minimum absolute atomic E-state index is 0.123. The van der Waals surface area contributed by atoms with Crippen molar-refractivity contribution in [2.75, 3.05) is 23.1 Å². The molecule has 8 heteroatoms. The SMILES string of the molecule is COC(=O)c1ccc(Nc2ccnc(Nc3ccc(NC(C)=O)cc3)n2)cc1. The van der Waals surface area contributed by atoms with E-state index in [1.165, 1.54) is 14.0 Å². The summed E-state index contributed by atoms with van der Waals surface area (Å²) in [6, 6.07) is 15.8. The molecule has 0 saturated carbocycles. The molecule has 2 aromatic carbocycles. The summed E-state index contributed by atoms with van der Waals surface area (Å²) in [4.78, 5) is 31.2. The van der Waals surface area contributed by atoms with Gasteiger partial charge in [-0.2, -0.15) is 4.98 Å². The van der Waals surface area contributed by atoms with Crippen molar-refractivity contribution in [3.8, 4) is 0 Å². The van der Waals surface area contributed by atoms with Gasteiger partial charge in [0.1, 0.15) is 5.82 Å². The van der Waals surface area contributed by atoms with Crippen molar-refractivity contribution < 1.29 is 14.3 Å². The predicted molar refractivity (Wildman–Crippen MR) is 107 cm³/mol. The number of esters is 1. The molecule has 3 N–H and O–H groups in total. The highest BCUT2D eigenvalue weighted by Crippen LogP contribution is 2.19. The smallest absolute Gasteiger partial charge is 0.337 e. The van der Waals surface area contributed by atoms with Crippen LogP contribution in [0.5, 0.6) is 0 Å². The lowest BCUT2D eigenvalue weighted by atomic mass is 10.2. The Hall–Kier alpha value is -3.94. The Morgan fingerprint density at radius 3 is 2.11 bits per heavy atom. The van der Waals surface area contributed by atoms with Gasteiger partial charge in [0.25, 0.3) is 0 Å². The second kappa shape index (κ2) is 8.63. The van der Waals surface area contributed by atoms with Crippen LogP contribution < -0.4 is 16.0 Å². The molecule has 0 saturated heterocycles. The van der Waals surface area contributed by atoms with Crippen LogP contribution in [0.1, 0.15) is 17.3 Å². The van der Waals surface area contributed by atoms with Crippen molar-refractivity contribution in [1.29, 1.82) is 0 Å². The van der Waals surface area contributed by atoms with Crippen LogP contribution >= 0.6 is 0 Å². The number of methoxy groups -OCH3 is 1. The Bertz CT molecular complexity index is 972. The number of ether oxygens (including phenoxy) is 1. The molecular formula is C20H19N5O3. The van der Waals surface area contributed by atoms with Gasteiger partial charge in [0, 0.05) is 30.2 Å². The van der Waals surface area contributed by atoms with Crippen LogP contribution in [0.4, 0.5) is 28.8 Å². The van der Waals surface area contributed by atoms with E-state index in [4.69, 9.17) is 0 Å². The van der Waals surface area contributed by atoms with E-state index in [2.05, 4.69) is 30.7 Å². The highest BCUT2D eigenvalue weighted by Gasteiger charge is 2.05. The largest absolute Gasteiger partial charge is 0.465 e. The number of hydrogen-bond donors (Lipinski definition) is 3. The Balaban J connectivity index is 1.66. The van der Waals surface area contributed by atoms with Crippen molar-refractivity contribution in [2.45, 2.75) is 6.92 Å². The quantitative estimate of drug-likeness (QED) is 0.562. The fraction of sp³-hybridized carbons (Fsp3) is 0.100. The number of benzene rings is 2. The molecule has 3 aromatic rings. The summed E-state index contributed by atoms with van der Waals surface area (Å²) in [5.74, 6) is 0.508. The monoisotopic (exact) mass is 377 g/mol. The first-order valence-electron chi connectivity index (χ1n) is 8.46. The summed E-state index contributed by atoms with van der Waals surface area (Å²) in [5.41, 5.74) is 2.75. The Kier molecular flexibility index (Phi) is 5.81. The van der Waals surface area contributed by atoms with Gasteiger partial charge in [0.2, 0.25) is 11.9 Å². The maximum Gasteiger partial charge on any atom is 0.337 e. The first-order chi connectivity index (χ1) is 13.5. The Morgan fingerprint density at radius 2 is 1.46 bits per heavy atom. The average Bonchev–Trinajstić information content (AvgIpc) is 2.69. The third-order valence-electron chi connectivity index (χ3n) is 3.70. The molecule has 28 heavy (non-hydrogen) atoms. The molecule has 0 bridgehead atoms. The molecule has 0 spiro atoms. The second-order valence-corrected chi connectivity index (χ2v) is 5.84. The van der Waals surface area contributed by atoms with Crippen LogP contribution in [0.15, 0.2) is 60.8 Å². The van der Waals surface area contributed by atoms with Gasteiger partial charge in [-0.3, -0.25) is 4.79 Å². The second-order valence-electron chi connectivity index (χ2n) is 5.84. The van der Waals surface area contributed by atoms with Gasteiger partial charge in [-0.1, -0.05) is 0 Å². The molecule has 0 aliphatic rings. The number of anilines is 5. The normalized spacial score (nSPS) is 10.1. The molecule has 1 aromatic heterocycles. The molecule has 0 radical (unpaired) electrons. The number of aromatic nitrogens is 2. The number of carbonyl (C=O) groups is 2. The van der Waals surface area contributed by atoms with Gasteiger partial charge in [-0.15, -0.1) is 0 Å². The van der Waals surface area contributed by atoms with Crippen LogP contribution in [0.2, 0.25) is 0 Å². The lowest BCUT2D eigenvalue weighted by molar-refractivity contribution is -0.114. The highest BCUT2D eigenvalue weighted by molar-refractivity contribution is 5.90. The van der Waals surface area contributed by atoms with E-state index in [9.17, 15) is 9.59 Å². The molecule has 0 atom stereocenters.